The van der Waals surface area contributed by atoms with Gasteiger partial charge < -0.3 is 5.32 Å². The maximum absolute atomic E-state index is 3.72. The molecule has 0 amide bonds. The Hall–Kier alpha value is -0.640. The highest BCUT2D eigenvalue weighted by molar-refractivity contribution is 9.11. The van der Waals surface area contributed by atoms with Crippen LogP contribution in [0.4, 0.5) is 0 Å². The molecule has 1 heterocycles. The molecule has 0 fully saturated rings. The fourth-order valence-electron chi connectivity index (χ4n) is 2.68. The van der Waals surface area contributed by atoms with Crippen LogP contribution in [-0.4, -0.2) is 6.54 Å². The largest absolute Gasteiger partial charge is 0.306 e. The summed E-state index contributed by atoms with van der Waals surface area (Å²) in [7, 11) is 0. The molecule has 1 atom stereocenters. The molecule has 0 saturated heterocycles. The minimum Gasteiger partial charge on any atom is -0.306 e. The van der Waals surface area contributed by atoms with Crippen molar-refractivity contribution in [1.82, 2.24) is 5.32 Å². The van der Waals surface area contributed by atoms with Gasteiger partial charge >= 0.3 is 0 Å². The molecule has 1 N–H and O–H groups in total. The Morgan fingerprint density at radius 3 is 2.35 bits per heavy atom. The molecule has 3 heteroatoms. The highest BCUT2D eigenvalue weighted by atomic mass is 79.9. The smallest absolute Gasteiger partial charge is 0.0704 e. The van der Waals surface area contributed by atoms with Gasteiger partial charge in [0, 0.05) is 4.88 Å². The number of benzene rings is 1. The summed E-state index contributed by atoms with van der Waals surface area (Å²) in [4.78, 5) is 1.38. The Morgan fingerprint density at radius 2 is 1.85 bits per heavy atom. The summed E-state index contributed by atoms with van der Waals surface area (Å²) in [6, 6.07) is 9.11. The van der Waals surface area contributed by atoms with E-state index < -0.39 is 0 Å². The number of rotatable bonds is 5. The Morgan fingerprint density at radius 1 is 1.20 bits per heavy atom. The van der Waals surface area contributed by atoms with E-state index >= 15 is 0 Å². The van der Waals surface area contributed by atoms with Crippen LogP contribution in [0, 0.1) is 20.8 Å². The van der Waals surface area contributed by atoms with Crippen LogP contribution in [0.25, 0.3) is 0 Å². The summed E-state index contributed by atoms with van der Waals surface area (Å²) < 4.78 is 1.21. The van der Waals surface area contributed by atoms with Crippen LogP contribution in [0.2, 0.25) is 0 Å². The van der Waals surface area contributed by atoms with Crippen LogP contribution in [0.1, 0.15) is 46.5 Å². The summed E-state index contributed by atoms with van der Waals surface area (Å²) in [6.07, 6.45) is 1.14. The van der Waals surface area contributed by atoms with E-state index in [-0.39, 0.29) is 0 Å². The maximum Gasteiger partial charge on any atom is 0.0704 e. The fraction of sp³-hybridized carbons (Fsp3) is 0.412. The Kier molecular flexibility index (Phi) is 5.42. The minimum absolute atomic E-state index is 0.290. The van der Waals surface area contributed by atoms with E-state index in [4.69, 9.17) is 0 Å². The number of aryl methyl sites for hydroxylation is 3. The SMILES string of the molecule is CCCNC(c1cc(Br)sc1C)c1c(C)cccc1C. The van der Waals surface area contributed by atoms with Crippen molar-refractivity contribution in [2.45, 2.75) is 40.2 Å². The van der Waals surface area contributed by atoms with Crippen molar-refractivity contribution < 1.29 is 0 Å². The number of hydrogen-bond donors (Lipinski definition) is 1. The molecule has 1 aromatic carbocycles. The normalized spacial score (nSPS) is 12.7. The second kappa shape index (κ2) is 6.88. The molecule has 2 rings (SSSR count). The van der Waals surface area contributed by atoms with Crippen molar-refractivity contribution in [1.29, 1.82) is 0 Å². The second-order valence-electron chi connectivity index (χ2n) is 5.25. The third kappa shape index (κ3) is 3.33. The lowest BCUT2D eigenvalue weighted by atomic mass is 9.91. The van der Waals surface area contributed by atoms with Crippen molar-refractivity contribution in [3.05, 3.63) is 55.2 Å². The fourth-order valence-corrected chi connectivity index (χ4v) is 4.43. The first-order valence-electron chi connectivity index (χ1n) is 7.10. The average molecular weight is 352 g/mol. The predicted octanol–water partition coefficient (Wildman–Crippen LogP) is 5.52. The summed E-state index contributed by atoms with van der Waals surface area (Å²) in [5, 5.41) is 3.72. The zero-order chi connectivity index (χ0) is 14.7. The summed E-state index contributed by atoms with van der Waals surface area (Å²) >= 11 is 5.43. The molecule has 0 aliphatic carbocycles. The highest BCUT2D eigenvalue weighted by Crippen LogP contribution is 2.35. The van der Waals surface area contributed by atoms with Crippen LogP contribution in [0.5, 0.6) is 0 Å². The van der Waals surface area contributed by atoms with E-state index in [2.05, 4.69) is 73.2 Å². The quantitative estimate of drug-likeness (QED) is 0.747. The zero-order valence-corrected chi connectivity index (χ0v) is 15.0. The van der Waals surface area contributed by atoms with Gasteiger partial charge in [0.2, 0.25) is 0 Å². The molecule has 0 spiro atoms. The molecular weight excluding hydrogens is 330 g/mol. The molecule has 20 heavy (non-hydrogen) atoms. The molecular formula is C17H22BrNS. The first-order chi connectivity index (χ1) is 9.54. The Bertz CT molecular complexity index is 568. The molecule has 0 aliphatic heterocycles. The molecule has 1 unspecified atom stereocenters. The van der Waals surface area contributed by atoms with Gasteiger partial charge in [-0.15, -0.1) is 11.3 Å². The molecule has 0 bridgehead atoms. The molecule has 0 saturated carbocycles. The third-order valence-corrected chi connectivity index (χ3v) is 5.24. The lowest BCUT2D eigenvalue weighted by molar-refractivity contribution is 0.593. The predicted molar refractivity (Wildman–Crippen MR) is 92.8 cm³/mol. The monoisotopic (exact) mass is 351 g/mol. The van der Waals surface area contributed by atoms with Crippen LogP contribution >= 0.6 is 27.3 Å². The molecule has 1 nitrogen and oxygen atoms in total. The van der Waals surface area contributed by atoms with Crippen molar-refractivity contribution >= 4 is 27.3 Å². The number of halogens is 1. The van der Waals surface area contributed by atoms with Crippen LogP contribution < -0.4 is 5.32 Å². The summed E-state index contributed by atoms with van der Waals surface area (Å²) in [6.45, 7) is 9.87. The maximum atomic E-state index is 3.72. The summed E-state index contributed by atoms with van der Waals surface area (Å²) in [5.41, 5.74) is 5.54. The lowest BCUT2D eigenvalue weighted by Crippen LogP contribution is -2.24. The number of thiophene rings is 1. The Balaban J connectivity index is 2.50. The molecule has 108 valence electrons. The zero-order valence-electron chi connectivity index (χ0n) is 12.6. The molecule has 0 radical (unpaired) electrons. The first-order valence-corrected chi connectivity index (χ1v) is 8.70. The van der Waals surface area contributed by atoms with Crippen molar-refractivity contribution in [3.63, 3.8) is 0 Å². The minimum atomic E-state index is 0.290. The van der Waals surface area contributed by atoms with E-state index in [9.17, 15) is 0 Å². The van der Waals surface area contributed by atoms with Crippen molar-refractivity contribution in [3.8, 4) is 0 Å². The highest BCUT2D eigenvalue weighted by Gasteiger charge is 2.20. The summed E-state index contributed by atoms with van der Waals surface area (Å²) in [5.74, 6) is 0. The number of nitrogens with one attached hydrogen (secondary N) is 1. The van der Waals surface area contributed by atoms with Crippen LogP contribution in [0.15, 0.2) is 28.1 Å². The van der Waals surface area contributed by atoms with E-state index in [1.165, 1.54) is 30.9 Å². The second-order valence-corrected chi connectivity index (χ2v) is 7.89. The van der Waals surface area contributed by atoms with E-state index in [1.807, 2.05) is 11.3 Å². The van der Waals surface area contributed by atoms with Gasteiger partial charge in [0.25, 0.3) is 0 Å². The van der Waals surface area contributed by atoms with Gasteiger partial charge in [-0.3, -0.25) is 0 Å². The molecule has 1 aromatic heterocycles. The van der Waals surface area contributed by atoms with Gasteiger partial charge in [-0.25, -0.2) is 0 Å². The van der Waals surface area contributed by atoms with Crippen molar-refractivity contribution in [2.75, 3.05) is 6.54 Å². The van der Waals surface area contributed by atoms with Crippen LogP contribution in [0.3, 0.4) is 0 Å². The van der Waals surface area contributed by atoms with E-state index in [0.717, 1.165) is 13.0 Å². The van der Waals surface area contributed by atoms with Gasteiger partial charge in [0.15, 0.2) is 0 Å². The van der Waals surface area contributed by atoms with Crippen LogP contribution in [-0.2, 0) is 0 Å². The topological polar surface area (TPSA) is 12.0 Å². The van der Waals surface area contributed by atoms with Crippen molar-refractivity contribution in [2.24, 2.45) is 0 Å². The Labute approximate surface area is 134 Å². The lowest BCUT2D eigenvalue weighted by Gasteiger charge is -2.23. The number of hydrogen-bond acceptors (Lipinski definition) is 2. The van der Waals surface area contributed by atoms with E-state index in [0.29, 0.717) is 6.04 Å². The first kappa shape index (κ1) is 15.7. The van der Waals surface area contributed by atoms with Gasteiger partial charge in [-0.2, -0.15) is 0 Å². The van der Waals surface area contributed by atoms with Gasteiger partial charge in [0.1, 0.15) is 0 Å². The van der Waals surface area contributed by atoms with Gasteiger partial charge in [-0.1, -0.05) is 25.1 Å². The molecule has 0 aliphatic rings. The average Bonchev–Trinajstić information content (AvgIpc) is 2.72. The standard InChI is InChI=1S/C17H22BrNS/c1-5-9-19-17(14-10-15(18)20-13(14)4)16-11(2)7-6-8-12(16)3/h6-8,10,17,19H,5,9H2,1-4H3. The molecule has 2 aromatic rings. The van der Waals surface area contributed by atoms with Gasteiger partial charge in [0.05, 0.1) is 9.83 Å². The van der Waals surface area contributed by atoms with E-state index in [1.54, 1.807) is 0 Å². The third-order valence-electron chi connectivity index (χ3n) is 3.67. The van der Waals surface area contributed by atoms with Gasteiger partial charge in [-0.05, 0) is 78.0 Å².